The molecular formula is C12H14O. The average molecular weight is 174 g/mol. The fraction of sp³-hybridized carbons (Fsp3) is 0.167. The van der Waals surface area contributed by atoms with E-state index < -0.39 is 0 Å². The van der Waals surface area contributed by atoms with Crippen molar-refractivity contribution in [3.05, 3.63) is 53.6 Å². The van der Waals surface area contributed by atoms with E-state index in [2.05, 4.69) is 6.58 Å². The third-order valence-corrected chi connectivity index (χ3v) is 1.93. The Morgan fingerprint density at radius 3 is 2.77 bits per heavy atom. The van der Waals surface area contributed by atoms with Crippen molar-refractivity contribution in [3.8, 4) is 0 Å². The van der Waals surface area contributed by atoms with E-state index in [0.717, 1.165) is 16.7 Å². The molecule has 0 aliphatic heterocycles. The van der Waals surface area contributed by atoms with Gasteiger partial charge in [0.05, 0.1) is 6.61 Å². The molecule has 0 saturated heterocycles. The lowest BCUT2D eigenvalue weighted by Gasteiger charge is -2.02. The molecule has 0 atom stereocenters. The molecule has 1 heteroatoms. The molecule has 0 saturated carbocycles. The van der Waals surface area contributed by atoms with Crippen LogP contribution in [0, 0.1) is 0 Å². The summed E-state index contributed by atoms with van der Waals surface area (Å²) in [5.41, 5.74) is 3.10. The summed E-state index contributed by atoms with van der Waals surface area (Å²) in [6, 6.07) is 7.79. The van der Waals surface area contributed by atoms with E-state index in [-0.39, 0.29) is 6.61 Å². The Morgan fingerprint density at radius 2 is 2.15 bits per heavy atom. The van der Waals surface area contributed by atoms with Gasteiger partial charge >= 0.3 is 0 Å². The molecule has 0 unspecified atom stereocenters. The highest BCUT2D eigenvalue weighted by Gasteiger charge is 1.95. The first kappa shape index (κ1) is 9.75. The maximum Gasteiger partial charge on any atom is 0.0687 e. The number of aliphatic hydroxyl groups is 1. The number of aliphatic hydroxyl groups excluding tert-OH is 1. The van der Waals surface area contributed by atoms with Crippen LogP contribution in [-0.2, 0) is 6.61 Å². The summed E-state index contributed by atoms with van der Waals surface area (Å²) < 4.78 is 0. The van der Waals surface area contributed by atoms with Gasteiger partial charge in [0.2, 0.25) is 0 Å². The third kappa shape index (κ3) is 2.56. The van der Waals surface area contributed by atoms with E-state index in [1.807, 2.05) is 37.3 Å². The minimum Gasteiger partial charge on any atom is -0.392 e. The van der Waals surface area contributed by atoms with Crippen molar-refractivity contribution in [3.63, 3.8) is 0 Å². The van der Waals surface area contributed by atoms with Crippen molar-refractivity contribution >= 4 is 6.08 Å². The minimum atomic E-state index is 0.0805. The summed E-state index contributed by atoms with van der Waals surface area (Å²) in [4.78, 5) is 0. The molecule has 0 aliphatic rings. The fourth-order valence-corrected chi connectivity index (χ4v) is 1.12. The molecule has 1 aromatic rings. The first-order valence-electron chi connectivity index (χ1n) is 4.27. The first-order valence-corrected chi connectivity index (χ1v) is 4.27. The second-order valence-corrected chi connectivity index (χ2v) is 2.95. The van der Waals surface area contributed by atoms with Crippen molar-refractivity contribution < 1.29 is 5.11 Å². The first-order chi connectivity index (χ1) is 6.27. The second kappa shape index (κ2) is 4.63. The molecule has 1 N–H and O–H groups in total. The average Bonchev–Trinajstić information content (AvgIpc) is 2.18. The van der Waals surface area contributed by atoms with Crippen LogP contribution in [-0.4, -0.2) is 5.11 Å². The van der Waals surface area contributed by atoms with Crippen LogP contribution in [0.3, 0.4) is 0 Å². The van der Waals surface area contributed by atoms with E-state index >= 15 is 0 Å². The number of allylic oxidation sites excluding steroid dienone is 2. The predicted octanol–water partition coefficient (Wildman–Crippen LogP) is 2.77. The maximum absolute atomic E-state index is 9.05. The van der Waals surface area contributed by atoms with Crippen LogP contribution in [0.2, 0.25) is 0 Å². The molecule has 0 radical (unpaired) electrons. The Kier molecular flexibility index (Phi) is 3.47. The van der Waals surface area contributed by atoms with E-state index in [0.29, 0.717) is 0 Å². The summed E-state index contributed by atoms with van der Waals surface area (Å²) in [6.07, 6.45) is 3.81. The van der Waals surface area contributed by atoms with Gasteiger partial charge in [0.15, 0.2) is 0 Å². The van der Waals surface area contributed by atoms with Gasteiger partial charge in [-0.05, 0) is 18.1 Å². The Hall–Kier alpha value is -1.34. The monoisotopic (exact) mass is 174 g/mol. The highest BCUT2D eigenvalue weighted by atomic mass is 16.3. The molecule has 0 heterocycles. The highest BCUT2D eigenvalue weighted by Crippen LogP contribution is 2.13. The lowest BCUT2D eigenvalue weighted by atomic mass is 10.1. The Bertz CT molecular complexity index is 324. The molecule has 0 fully saturated rings. The maximum atomic E-state index is 9.05. The van der Waals surface area contributed by atoms with Crippen LogP contribution < -0.4 is 0 Å². The molecule has 0 aromatic heterocycles. The van der Waals surface area contributed by atoms with Crippen molar-refractivity contribution in [2.75, 3.05) is 0 Å². The molecule has 0 spiro atoms. The minimum absolute atomic E-state index is 0.0805. The van der Waals surface area contributed by atoms with E-state index in [9.17, 15) is 0 Å². The van der Waals surface area contributed by atoms with Crippen LogP contribution in [0.25, 0.3) is 6.08 Å². The normalized spacial score (nSPS) is 11.4. The Morgan fingerprint density at radius 1 is 1.46 bits per heavy atom. The highest BCUT2D eigenvalue weighted by molar-refractivity contribution is 5.58. The van der Waals surface area contributed by atoms with E-state index in [1.54, 1.807) is 6.08 Å². The van der Waals surface area contributed by atoms with Crippen molar-refractivity contribution in [1.82, 2.24) is 0 Å². The van der Waals surface area contributed by atoms with E-state index in [1.165, 1.54) is 0 Å². The Balaban J connectivity index is 3.06. The van der Waals surface area contributed by atoms with Gasteiger partial charge < -0.3 is 5.11 Å². The summed E-state index contributed by atoms with van der Waals surface area (Å²) >= 11 is 0. The molecule has 0 amide bonds. The number of benzene rings is 1. The molecular weight excluding hydrogens is 160 g/mol. The fourth-order valence-electron chi connectivity index (χ4n) is 1.12. The van der Waals surface area contributed by atoms with E-state index in [4.69, 9.17) is 5.11 Å². The lowest BCUT2D eigenvalue weighted by molar-refractivity contribution is 0.281. The lowest BCUT2D eigenvalue weighted by Crippen LogP contribution is -1.87. The van der Waals surface area contributed by atoms with Crippen LogP contribution >= 0.6 is 0 Å². The van der Waals surface area contributed by atoms with Gasteiger partial charge in [-0.2, -0.15) is 0 Å². The number of rotatable bonds is 3. The van der Waals surface area contributed by atoms with Gasteiger partial charge in [-0.1, -0.05) is 48.6 Å². The van der Waals surface area contributed by atoms with Crippen molar-refractivity contribution in [2.45, 2.75) is 13.5 Å². The van der Waals surface area contributed by atoms with Gasteiger partial charge in [-0.3, -0.25) is 0 Å². The third-order valence-electron chi connectivity index (χ3n) is 1.93. The zero-order chi connectivity index (χ0) is 9.68. The molecule has 13 heavy (non-hydrogen) atoms. The zero-order valence-electron chi connectivity index (χ0n) is 7.83. The standard InChI is InChI=1S/C12H14O/c1-3-10(2)8-11-6-4-5-7-12(11)9-13/h3-8,13H,1,9H2,2H3/b10-8-. The molecule has 0 bridgehead atoms. The van der Waals surface area contributed by atoms with Crippen molar-refractivity contribution in [2.24, 2.45) is 0 Å². The topological polar surface area (TPSA) is 20.2 Å². The summed E-state index contributed by atoms with van der Waals surface area (Å²) in [7, 11) is 0. The van der Waals surface area contributed by atoms with Gasteiger partial charge in [0.25, 0.3) is 0 Å². The smallest absolute Gasteiger partial charge is 0.0687 e. The molecule has 0 aliphatic carbocycles. The molecule has 1 nitrogen and oxygen atoms in total. The van der Waals surface area contributed by atoms with Crippen LogP contribution in [0.15, 0.2) is 42.5 Å². The molecule has 1 aromatic carbocycles. The van der Waals surface area contributed by atoms with Crippen molar-refractivity contribution in [1.29, 1.82) is 0 Å². The summed E-state index contributed by atoms with van der Waals surface area (Å²) in [5.74, 6) is 0. The quantitative estimate of drug-likeness (QED) is 0.698. The predicted molar refractivity (Wildman–Crippen MR) is 56.2 cm³/mol. The summed E-state index contributed by atoms with van der Waals surface area (Å²) in [5, 5.41) is 9.05. The largest absolute Gasteiger partial charge is 0.392 e. The Labute approximate surface area is 79.0 Å². The molecule has 68 valence electrons. The van der Waals surface area contributed by atoms with Crippen LogP contribution in [0.5, 0.6) is 0 Å². The SMILES string of the molecule is C=C/C(C)=C\c1ccccc1CO. The van der Waals surface area contributed by atoms with Gasteiger partial charge in [-0.15, -0.1) is 0 Å². The van der Waals surface area contributed by atoms with Gasteiger partial charge in [0.1, 0.15) is 0 Å². The van der Waals surface area contributed by atoms with Crippen LogP contribution in [0.1, 0.15) is 18.1 Å². The zero-order valence-corrected chi connectivity index (χ0v) is 7.83. The van der Waals surface area contributed by atoms with Crippen LogP contribution in [0.4, 0.5) is 0 Å². The van der Waals surface area contributed by atoms with Gasteiger partial charge in [0, 0.05) is 0 Å². The molecule has 1 rings (SSSR count). The van der Waals surface area contributed by atoms with Gasteiger partial charge in [-0.25, -0.2) is 0 Å². The number of hydrogen-bond donors (Lipinski definition) is 1. The second-order valence-electron chi connectivity index (χ2n) is 2.95. The summed E-state index contributed by atoms with van der Waals surface area (Å²) in [6.45, 7) is 5.75. The number of hydrogen-bond acceptors (Lipinski definition) is 1.